The molecule has 0 bridgehead atoms. The van der Waals surface area contributed by atoms with Gasteiger partial charge in [0.05, 0.1) is 11.7 Å². The Kier molecular flexibility index (Phi) is 4.11. The summed E-state index contributed by atoms with van der Waals surface area (Å²) in [6, 6.07) is 14.2. The SMILES string of the molecule is Cc1ccc(/C=N/NC(=O)c2c(O)c3ccccc3[nH]c2=O)cc1. The Labute approximate surface area is 137 Å². The van der Waals surface area contributed by atoms with Gasteiger partial charge in [-0.15, -0.1) is 0 Å². The second kappa shape index (κ2) is 6.37. The highest BCUT2D eigenvalue weighted by Crippen LogP contribution is 2.24. The number of nitrogens with zero attached hydrogens (tertiary/aromatic N) is 1. The van der Waals surface area contributed by atoms with Gasteiger partial charge in [0.1, 0.15) is 11.3 Å². The highest BCUT2D eigenvalue weighted by molar-refractivity contribution is 6.02. The van der Waals surface area contributed by atoms with Gasteiger partial charge in [0.25, 0.3) is 11.5 Å². The molecule has 3 N–H and O–H groups in total. The van der Waals surface area contributed by atoms with E-state index in [9.17, 15) is 14.7 Å². The fraction of sp³-hybridized carbons (Fsp3) is 0.0556. The largest absolute Gasteiger partial charge is 0.506 e. The number of aromatic amines is 1. The number of H-pyrrole nitrogens is 1. The minimum Gasteiger partial charge on any atom is -0.506 e. The van der Waals surface area contributed by atoms with Crippen LogP contribution in [0.15, 0.2) is 58.4 Å². The van der Waals surface area contributed by atoms with Gasteiger partial charge in [-0.2, -0.15) is 5.10 Å². The van der Waals surface area contributed by atoms with Crippen molar-refractivity contribution in [1.29, 1.82) is 0 Å². The van der Waals surface area contributed by atoms with Crippen LogP contribution in [0.4, 0.5) is 0 Å². The molecule has 1 aromatic heterocycles. The van der Waals surface area contributed by atoms with Crippen molar-refractivity contribution in [2.45, 2.75) is 6.92 Å². The van der Waals surface area contributed by atoms with Crippen molar-refractivity contribution in [1.82, 2.24) is 10.4 Å². The standard InChI is InChI=1S/C18H15N3O3/c1-11-6-8-12(9-7-11)10-19-21-18(24)15-16(22)13-4-2-3-5-14(13)20-17(15)23/h2-10H,1H3,(H,21,24)(H2,20,22,23)/b19-10+. The lowest BCUT2D eigenvalue weighted by atomic mass is 10.1. The summed E-state index contributed by atoms with van der Waals surface area (Å²) in [6.45, 7) is 1.97. The third-order valence-corrected chi connectivity index (χ3v) is 3.58. The summed E-state index contributed by atoms with van der Waals surface area (Å²) in [7, 11) is 0. The minimum absolute atomic E-state index is 0.364. The zero-order valence-electron chi connectivity index (χ0n) is 12.9. The van der Waals surface area contributed by atoms with Crippen molar-refractivity contribution in [2.24, 2.45) is 5.10 Å². The first kappa shape index (κ1) is 15.5. The molecule has 3 aromatic rings. The number of pyridine rings is 1. The average molecular weight is 321 g/mol. The Morgan fingerprint density at radius 1 is 1.17 bits per heavy atom. The topological polar surface area (TPSA) is 94.5 Å². The molecule has 0 fully saturated rings. The molecule has 0 saturated carbocycles. The van der Waals surface area contributed by atoms with E-state index in [1.807, 2.05) is 31.2 Å². The number of carbonyl (C=O) groups is 1. The molecule has 120 valence electrons. The molecule has 0 aliphatic heterocycles. The number of rotatable bonds is 3. The number of hydrogen-bond acceptors (Lipinski definition) is 4. The van der Waals surface area contributed by atoms with E-state index in [1.165, 1.54) is 6.21 Å². The van der Waals surface area contributed by atoms with Gasteiger partial charge in [0.15, 0.2) is 0 Å². The van der Waals surface area contributed by atoms with Gasteiger partial charge in [-0.25, -0.2) is 5.43 Å². The summed E-state index contributed by atoms with van der Waals surface area (Å²) < 4.78 is 0. The van der Waals surface area contributed by atoms with Crippen LogP contribution in [-0.2, 0) is 0 Å². The van der Waals surface area contributed by atoms with Crippen LogP contribution in [0, 0.1) is 6.92 Å². The summed E-state index contributed by atoms with van der Waals surface area (Å²) >= 11 is 0. The van der Waals surface area contributed by atoms with Gasteiger partial charge >= 0.3 is 0 Å². The zero-order valence-corrected chi connectivity index (χ0v) is 12.9. The number of aromatic hydroxyl groups is 1. The zero-order chi connectivity index (χ0) is 17.1. The number of aryl methyl sites for hydroxylation is 1. The Hall–Kier alpha value is -3.41. The second-order valence-electron chi connectivity index (χ2n) is 5.33. The molecule has 3 rings (SSSR count). The van der Waals surface area contributed by atoms with E-state index in [0.717, 1.165) is 11.1 Å². The summed E-state index contributed by atoms with van der Waals surface area (Å²) in [5, 5.41) is 14.4. The van der Waals surface area contributed by atoms with Crippen molar-refractivity contribution in [3.63, 3.8) is 0 Å². The molecule has 1 heterocycles. The van der Waals surface area contributed by atoms with E-state index in [4.69, 9.17) is 0 Å². The normalized spacial score (nSPS) is 11.0. The molecule has 24 heavy (non-hydrogen) atoms. The molecule has 0 saturated heterocycles. The summed E-state index contributed by atoms with van der Waals surface area (Å²) in [6.07, 6.45) is 1.46. The average Bonchev–Trinajstić information content (AvgIpc) is 2.57. The van der Waals surface area contributed by atoms with E-state index < -0.39 is 11.5 Å². The molecule has 6 heteroatoms. The van der Waals surface area contributed by atoms with Crippen LogP contribution in [0.25, 0.3) is 10.9 Å². The number of carbonyl (C=O) groups excluding carboxylic acids is 1. The summed E-state index contributed by atoms with van der Waals surface area (Å²) in [4.78, 5) is 26.8. The fourth-order valence-electron chi connectivity index (χ4n) is 2.31. The fourth-order valence-corrected chi connectivity index (χ4v) is 2.31. The highest BCUT2D eigenvalue weighted by Gasteiger charge is 2.18. The Bertz CT molecular complexity index is 989. The Morgan fingerprint density at radius 3 is 2.62 bits per heavy atom. The number of benzene rings is 2. The first-order chi connectivity index (χ1) is 11.6. The minimum atomic E-state index is -0.775. The molecule has 6 nitrogen and oxygen atoms in total. The van der Waals surface area contributed by atoms with Crippen molar-refractivity contribution in [2.75, 3.05) is 0 Å². The first-order valence-corrected chi connectivity index (χ1v) is 7.30. The van der Waals surface area contributed by atoms with Gasteiger partial charge in [-0.1, -0.05) is 42.0 Å². The predicted molar refractivity (Wildman–Crippen MR) is 92.5 cm³/mol. The van der Waals surface area contributed by atoms with Crippen LogP contribution < -0.4 is 11.0 Å². The Morgan fingerprint density at radius 2 is 1.88 bits per heavy atom. The molecule has 0 spiro atoms. The third-order valence-electron chi connectivity index (χ3n) is 3.58. The quantitative estimate of drug-likeness (QED) is 0.510. The molecule has 0 aliphatic carbocycles. The molecule has 1 amide bonds. The number of para-hydroxylation sites is 1. The van der Waals surface area contributed by atoms with Crippen LogP contribution >= 0.6 is 0 Å². The Balaban J connectivity index is 1.86. The van der Waals surface area contributed by atoms with Gasteiger partial charge in [0.2, 0.25) is 0 Å². The molecular formula is C18H15N3O3. The van der Waals surface area contributed by atoms with Crippen LogP contribution in [-0.4, -0.2) is 22.2 Å². The molecule has 0 radical (unpaired) electrons. The van der Waals surface area contributed by atoms with Crippen LogP contribution in [0.5, 0.6) is 5.75 Å². The van der Waals surface area contributed by atoms with E-state index >= 15 is 0 Å². The number of nitrogens with one attached hydrogen (secondary N) is 2. The molecule has 2 aromatic carbocycles. The number of amides is 1. The maximum atomic E-state index is 12.2. The van der Waals surface area contributed by atoms with Crippen molar-refractivity contribution in [3.05, 3.63) is 75.6 Å². The van der Waals surface area contributed by atoms with Crippen molar-refractivity contribution >= 4 is 23.0 Å². The lowest BCUT2D eigenvalue weighted by Gasteiger charge is -2.06. The van der Waals surface area contributed by atoms with Crippen molar-refractivity contribution in [3.8, 4) is 5.75 Å². The highest BCUT2D eigenvalue weighted by atomic mass is 16.3. The monoisotopic (exact) mass is 321 g/mol. The van der Waals surface area contributed by atoms with Crippen LogP contribution in [0.3, 0.4) is 0 Å². The van der Waals surface area contributed by atoms with Crippen LogP contribution in [0.2, 0.25) is 0 Å². The predicted octanol–water partition coefficient (Wildman–Crippen LogP) is 2.31. The van der Waals surface area contributed by atoms with E-state index in [-0.39, 0.29) is 11.3 Å². The first-order valence-electron chi connectivity index (χ1n) is 7.30. The summed E-state index contributed by atoms with van der Waals surface area (Å²) in [5.41, 5.74) is 3.60. The third kappa shape index (κ3) is 3.03. The van der Waals surface area contributed by atoms with Crippen LogP contribution in [0.1, 0.15) is 21.5 Å². The molecule has 0 unspecified atom stereocenters. The van der Waals surface area contributed by atoms with E-state index in [0.29, 0.717) is 10.9 Å². The molecule has 0 atom stereocenters. The van der Waals surface area contributed by atoms with Gasteiger partial charge < -0.3 is 10.1 Å². The van der Waals surface area contributed by atoms with Crippen molar-refractivity contribution < 1.29 is 9.90 Å². The lowest BCUT2D eigenvalue weighted by Crippen LogP contribution is -2.26. The van der Waals surface area contributed by atoms with Gasteiger partial charge in [-0.05, 0) is 24.6 Å². The van der Waals surface area contributed by atoms with E-state index in [2.05, 4.69) is 15.5 Å². The smallest absolute Gasteiger partial charge is 0.280 e. The molecular weight excluding hydrogens is 306 g/mol. The van der Waals surface area contributed by atoms with E-state index in [1.54, 1.807) is 24.3 Å². The maximum Gasteiger partial charge on any atom is 0.280 e. The molecule has 0 aliphatic rings. The maximum absolute atomic E-state index is 12.2. The number of hydrazone groups is 1. The van der Waals surface area contributed by atoms with Gasteiger partial charge in [-0.3, -0.25) is 9.59 Å². The lowest BCUT2D eigenvalue weighted by molar-refractivity contribution is 0.0951. The number of aromatic nitrogens is 1. The van der Waals surface area contributed by atoms with Gasteiger partial charge in [0, 0.05) is 5.39 Å². The second-order valence-corrected chi connectivity index (χ2v) is 5.33. The summed E-state index contributed by atoms with van der Waals surface area (Å²) in [5.74, 6) is -1.14. The number of hydrogen-bond donors (Lipinski definition) is 3. The number of fused-ring (bicyclic) bond motifs is 1.